The Hall–Kier alpha value is -3.03. The number of ether oxygens (including phenoxy) is 1. The molecule has 8 heteroatoms. The molecule has 0 atom stereocenters. The van der Waals surface area contributed by atoms with Crippen LogP contribution in [0.2, 0.25) is 0 Å². The Kier molecular flexibility index (Phi) is 3.88. The Morgan fingerprint density at radius 2 is 2.00 bits per heavy atom. The van der Waals surface area contributed by atoms with Gasteiger partial charge in [0, 0.05) is 0 Å². The highest BCUT2D eigenvalue weighted by molar-refractivity contribution is 5.89. The minimum absolute atomic E-state index is 0.174. The fraction of sp³-hybridized carbons (Fsp3) is 0.0667. The lowest BCUT2D eigenvalue weighted by molar-refractivity contribution is 0.0439. The highest BCUT2D eigenvalue weighted by Gasteiger charge is 2.20. The van der Waals surface area contributed by atoms with E-state index in [0.717, 1.165) is 6.07 Å². The lowest BCUT2D eigenvalue weighted by Gasteiger charge is -2.04. The summed E-state index contributed by atoms with van der Waals surface area (Å²) in [5.74, 6) is -5.15. The zero-order valence-corrected chi connectivity index (χ0v) is 11.4. The van der Waals surface area contributed by atoms with Gasteiger partial charge in [-0.25, -0.2) is 22.9 Å². The Labute approximate surface area is 127 Å². The maximum Gasteiger partial charge on any atom is 0.341 e. The predicted molar refractivity (Wildman–Crippen MR) is 69.6 cm³/mol. The molecule has 5 nitrogen and oxygen atoms in total. The average Bonchev–Trinajstić information content (AvgIpc) is 3.21. The summed E-state index contributed by atoms with van der Waals surface area (Å²) in [6, 6.07) is 4.70. The SMILES string of the molecule is O=C(OCc1cnc(-c2ccco2)o1)c1ccc(F)c(F)c1F. The van der Waals surface area contributed by atoms with E-state index in [1.54, 1.807) is 12.1 Å². The van der Waals surface area contributed by atoms with Crippen molar-refractivity contribution in [1.29, 1.82) is 0 Å². The highest BCUT2D eigenvalue weighted by Crippen LogP contribution is 2.20. The third kappa shape index (κ3) is 2.96. The van der Waals surface area contributed by atoms with Gasteiger partial charge in [0.05, 0.1) is 18.0 Å². The number of carbonyl (C=O) groups excluding carboxylic acids is 1. The van der Waals surface area contributed by atoms with Gasteiger partial charge < -0.3 is 13.6 Å². The van der Waals surface area contributed by atoms with Crippen LogP contribution in [0.25, 0.3) is 11.7 Å². The van der Waals surface area contributed by atoms with E-state index in [1.165, 1.54) is 12.5 Å². The molecule has 118 valence electrons. The molecular weight excluding hydrogens is 315 g/mol. The van der Waals surface area contributed by atoms with Crippen molar-refractivity contribution in [3.05, 3.63) is 65.5 Å². The van der Waals surface area contributed by atoms with E-state index < -0.39 is 29.0 Å². The first-order valence-corrected chi connectivity index (χ1v) is 6.35. The summed E-state index contributed by atoms with van der Waals surface area (Å²) < 4.78 is 54.5. The summed E-state index contributed by atoms with van der Waals surface area (Å²) in [6.07, 6.45) is 2.73. The van der Waals surface area contributed by atoms with Crippen LogP contribution in [-0.2, 0) is 11.3 Å². The number of benzene rings is 1. The first-order chi connectivity index (χ1) is 11.1. The molecule has 0 N–H and O–H groups in total. The van der Waals surface area contributed by atoms with Crippen LogP contribution in [0.5, 0.6) is 0 Å². The van der Waals surface area contributed by atoms with Gasteiger partial charge in [-0.1, -0.05) is 0 Å². The standard InChI is InChI=1S/C15H8F3NO4/c16-10-4-3-9(12(17)13(10)18)15(20)22-7-8-6-19-14(23-8)11-2-1-5-21-11/h1-6H,7H2. The third-order valence-corrected chi connectivity index (χ3v) is 2.89. The van der Waals surface area contributed by atoms with Crippen LogP contribution in [0.15, 0.2) is 45.6 Å². The van der Waals surface area contributed by atoms with Gasteiger partial charge in [0.1, 0.15) is 0 Å². The zero-order chi connectivity index (χ0) is 16.4. The highest BCUT2D eigenvalue weighted by atomic mass is 19.2. The normalized spacial score (nSPS) is 10.7. The molecule has 3 aromatic rings. The molecule has 0 saturated heterocycles. The van der Waals surface area contributed by atoms with Crippen LogP contribution in [0, 0.1) is 17.5 Å². The van der Waals surface area contributed by atoms with Crippen molar-refractivity contribution in [3.8, 4) is 11.7 Å². The fourth-order valence-electron chi connectivity index (χ4n) is 1.79. The van der Waals surface area contributed by atoms with Crippen LogP contribution < -0.4 is 0 Å². The van der Waals surface area contributed by atoms with Crippen molar-refractivity contribution >= 4 is 5.97 Å². The van der Waals surface area contributed by atoms with Crippen LogP contribution in [0.4, 0.5) is 13.2 Å². The number of halogens is 3. The molecule has 1 aromatic carbocycles. The van der Waals surface area contributed by atoms with Gasteiger partial charge >= 0.3 is 5.97 Å². The number of hydrogen-bond donors (Lipinski definition) is 0. The minimum atomic E-state index is -1.74. The largest absolute Gasteiger partial charge is 0.459 e. The quantitative estimate of drug-likeness (QED) is 0.541. The minimum Gasteiger partial charge on any atom is -0.459 e. The Morgan fingerprint density at radius 1 is 1.17 bits per heavy atom. The molecule has 0 radical (unpaired) electrons. The van der Waals surface area contributed by atoms with E-state index in [9.17, 15) is 18.0 Å². The summed E-state index contributed by atoms with van der Waals surface area (Å²) in [6.45, 7) is -0.356. The van der Waals surface area contributed by atoms with Crippen molar-refractivity contribution in [3.63, 3.8) is 0 Å². The van der Waals surface area contributed by atoms with Crippen molar-refractivity contribution in [2.24, 2.45) is 0 Å². The smallest absolute Gasteiger partial charge is 0.341 e. The Bertz CT molecular complexity index is 843. The summed E-state index contributed by atoms with van der Waals surface area (Å²) >= 11 is 0. The first kappa shape index (κ1) is 14.9. The molecule has 0 spiro atoms. The maximum absolute atomic E-state index is 13.5. The van der Waals surface area contributed by atoms with Gasteiger partial charge in [-0.3, -0.25) is 0 Å². The number of rotatable bonds is 4. The molecule has 0 aliphatic heterocycles. The number of esters is 1. The van der Waals surface area contributed by atoms with E-state index in [2.05, 4.69) is 4.98 Å². The molecule has 0 unspecified atom stereocenters. The topological polar surface area (TPSA) is 65.5 Å². The second-order valence-corrected chi connectivity index (χ2v) is 4.41. The first-order valence-electron chi connectivity index (χ1n) is 6.35. The van der Waals surface area contributed by atoms with Crippen molar-refractivity contribution in [2.75, 3.05) is 0 Å². The molecule has 3 rings (SSSR count). The number of hydrogen-bond acceptors (Lipinski definition) is 5. The monoisotopic (exact) mass is 323 g/mol. The molecule has 0 bridgehead atoms. The van der Waals surface area contributed by atoms with E-state index in [1.807, 2.05) is 0 Å². The predicted octanol–water partition coefficient (Wildman–Crippen LogP) is 3.71. The number of carbonyl (C=O) groups is 1. The van der Waals surface area contributed by atoms with Gasteiger partial charge in [-0.2, -0.15) is 0 Å². The van der Waals surface area contributed by atoms with Crippen LogP contribution in [0.3, 0.4) is 0 Å². The second kappa shape index (κ2) is 5.99. The van der Waals surface area contributed by atoms with Crippen LogP contribution >= 0.6 is 0 Å². The molecule has 2 aromatic heterocycles. The molecule has 0 fully saturated rings. The number of nitrogens with zero attached hydrogens (tertiary/aromatic N) is 1. The van der Waals surface area contributed by atoms with Gasteiger partial charge in [-0.15, -0.1) is 0 Å². The average molecular weight is 323 g/mol. The number of oxazole rings is 1. The molecule has 0 aliphatic rings. The lowest BCUT2D eigenvalue weighted by atomic mass is 10.2. The van der Waals surface area contributed by atoms with Crippen LogP contribution in [0.1, 0.15) is 16.1 Å². The van der Waals surface area contributed by atoms with Gasteiger partial charge in [0.25, 0.3) is 5.89 Å². The molecule has 2 heterocycles. The van der Waals surface area contributed by atoms with Crippen molar-refractivity contribution < 1.29 is 31.5 Å². The van der Waals surface area contributed by atoms with E-state index in [-0.39, 0.29) is 18.3 Å². The van der Waals surface area contributed by atoms with Gasteiger partial charge in [-0.05, 0) is 24.3 Å². The summed E-state index contributed by atoms with van der Waals surface area (Å²) in [7, 11) is 0. The van der Waals surface area contributed by atoms with E-state index in [0.29, 0.717) is 11.8 Å². The molecule has 0 amide bonds. The van der Waals surface area contributed by atoms with Crippen molar-refractivity contribution in [1.82, 2.24) is 4.98 Å². The molecule has 23 heavy (non-hydrogen) atoms. The third-order valence-electron chi connectivity index (χ3n) is 2.89. The van der Waals surface area contributed by atoms with E-state index in [4.69, 9.17) is 13.6 Å². The lowest BCUT2D eigenvalue weighted by Crippen LogP contribution is -2.09. The number of aromatic nitrogens is 1. The van der Waals surface area contributed by atoms with Crippen molar-refractivity contribution in [2.45, 2.75) is 6.61 Å². The fourth-order valence-corrected chi connectivity index (χ4v) is 1.79. The second-order valence-electron chi connectivity index (χ2n) is 4.41. The summed E-state index contributed by atoms with van der Waals surface area (Å²) in [4.78, 5) is 15.6. The molecule has 0 aliphatic carbocycles. The Morgan fingerprint density at radius 3 is 2.74 bits per heavy atom. The summed E-state index contributed by atoms with van der Waals surface area (Å²) in [5.41, 5.74) is -0.713. The van der Waals surface area contributed by atoms with Gasteiger partial charge in [0.2, 0.25) is 0 Å². The summed E-state index contributed by atoms with van der Waals surface area (Å²) in [5, 5.41) is 0. The van der Waals surface area contributed by atoms with E-state index >= 15 is 0 Å². The Balaban J connectivity index is 1.69. The molecule has 0 saturated carbocycles. The molecular formula is C15H8F3NO4. The zero-order valence-electron chi connectivity index (χ0n) is 11.4. The van der Waals surface area contributed by atoms with Crippen LogP contribution in [-0.4, -0.2) is 11.0 Å². The maximum atomic E-state index is 13.5. The van der Waals surface area contributed by atoms with Gasteiger partial charge in [0.15, 0.2) is 35.6 Å². The number of furan rings is 1.